The molecule has 8 heteroatoms. The van der Waals surface area contributed by atoms with Crippen LogP contribution < -0.4 is 5.73 Å². The molecule has 0 aliphatic rings. The van der Waals surface area contributed by atoms with Gasteiger partial charge in [0, 0.05) is 37.2 Å². The van der Waals surface area contributed by atoms with Gasteiger partial charge in [0.1, 0.15) is 0 Å². The first-order valence-corrected chi connectivity index (χ1v) is 14.0. The molecule has 0 bridgehead atoms. The Hall–Kier alpha value is -4.52. The zero-order valence-corrected chi connectivity index (χ0v) is 25.9. The van der Waals surface area contributed by atoms with Gasteiger partial charge in [0.25, 0.3) is 0 Å². The monoisotopic (exact) mass is 655 g/mol. The van der Waals surface area contributed by atoms with Gasteiger partial charge in [-0.2, -0.15) is 0 Å². The third-order valence-corrected chi connectivity index (χ3v) is 6.11. The molecule has 6 aromatic rings. The summed E-state index contributed by atoms with van der Waals surface area (Å²) in [6, 6.07) is 31.4. The molecule has 0 saturated carbocycles. The Balaban J connectivity index is 0.000000180. The van der Waals surface area contributed by atoms with Crippen LogP contribution in [0.4, 0.5) is 0 Å². The van der Waals surface area contributed by atoms with E-state index in [1.54, 1.807) is 24.8 Å². The van der Waals surface area contributed by atoms with Crippen LogP contribution in [-0.4, -0.2) is 36.4 Å². The van der Waals surface area contributed by atoms with Crippen LogP contribution in [0.2, 0.25) is 0 Å². The minimum absolute atomic E-state index is 0. The fourth-order valence-electron chi connectivity index (χ4n) is 3.98. The van der Waals surface area contributed by atoms with Crippen molar-refractivity contribution >= 4 is 0 Å². The quantitative estimate of drug-likeness (QED) is 0.146. The van der Waals surface area contributed by atoms with E-state index in [1.807, 2.05) is 91.3 Å². The molecule has 6 rings (SSSR count). The number of aryl methyl sites for hydroxylation is 2. The fraction of sp³-hybridized carbons (Fsp3) is 0.143. The van der Waals surface area contributed by atoms with Gasteiger partial charge in [-0.05, 0) is 117 Å². The van der Waals surface area contributed by atoms with E-state index in [1.165, 1.54) is 11.1 Å². The molecule has 6 aromatic heterocycles. The molecule has 0 amide bonds. The average molecular weight is 655 g/mol. The summed E-state index contributed by atoms with van der Waals surface area (Å²) in [5.41, 5.74) is 13.6. The van der Waals surface area contributed by atoms with Gasteiger partial charge < -0.3 is 5.73 Å². The molecule has 2 N–H and O–H groups in total. The second-order valence-electron chi connectivity index (χ2n) is 9.37. The summed E-state index contributed by atoms with van der Waals surface area (Å²) in [5, 5.41) is 0. The van der Waals surface area contributed by atoms with E-state index in [2.05, 4.69) is 55.0 Å². The van der Waals surface area contributed by atoms with Crippen molar-refractivity contribution < 1.29 is 19.5 Å². The molecule has 0 atom stereocenters. The standard InChI is InChI=1S/C15H19N3.2C10H8N2.Ru/c1-12-5-8-17-14(10-12)15-11-13(6-9-18-15)4-2-3-7-16;2*1-3-7-11-9(5-1)10-6-2-4-8-12-10;/h5-6,8-11H,2-4,7,16H2,1H3;2*1-8H;/q;;;+2. The topological polar surface area (TPSA) is 103 Å². The van der Waals surface area contributed by atoms with Crippen LogP contribution in [0, 0.1) is 6.92 Å². The number of rotatable bonds is 7. The van der Waals surface area contributed by atoms with Crippen LogP contribution in [0.1, 0.15) is 24.0 Å². The Morgan fingerprint density at radius 2 is 0.884 bits per heavy atom. The van der Waals surface area contributed by atoms with Gasteiger partial charge >= 0.3 is 19.5 Å². The number of pyridine rings is 6. The Kier molecular flexibility index (Phi) is 14.4. The Bertz CT molecular complexity index is 1440. The third-order valence-electron chi connectivity index (χ3n) is 6.11. The van der Waals surface area contributed by atoms with Gasteiger partial charge in [0.15, 0.2) is 0 Å². The molecule has 0 radical (unpaired) electrons. The summed E-state index contributed by atoms with van der Waals surface area (Å²) in [5.74, 6) is 0. The van der Waals surface area contributed by atoms with Gasteiger partial charge in [-0.15, -0.1) is 0 Å². The van der Waals surface area contributed by atoms with Crippen molar-refractivity contribution in [3.05, 3.63) is 145 Å². The Morgan fingerprint density at radius 3 is 1.28 bits per heavy atom. The second kappa shape index (κ2) is 18.8. The summed E-state index contributed by atoms with van der Waals surface area (Å²) in [6.45, 7) is 2.83. The molecular formula is C35H35N7Ru+2. The van der Waals surface area contributed by atoms with Gasteiger partial charge in [0.2, 0.25) is 0 Å². The van der Waals surface area contributed by atoms with Gasteiger partial charge in [0.05, 0.1) is 34.2 Å². The van der Waals surface area contributed by atoms with Crippen LogP contribution in [0.3, 0.4) is 0 Å². The molecule has 6 heterocycles. The van der Waals surface area contributed by atoms with Gasteiger partial charge in [-0.25, -0.2) is 0 Å². The third kappa shape index (κ3) is 11.3. The molecule has 0 spiro atoms. The molecule has 43 heavy (non-hydrogen) atoms. The largest absolute Gasteiger partial charge is 2.00 e. The molecule has 0 aliphatic carbocycles. The number of hydrogen-bond acceptors (Lipinski definition) is 7. The zero-order valence-electron chi connectivity index (χ0n) is 24.1. The van der Waals surface area contributed by atoms with Crippen molar-refractivity contribution in [2.24, 2.45) is 5.73 Å². The van der Waals surface area contributed by atoms with Gasteiger partial charge in [-0.3, -0.25) is 29.9 Å². The number of nitrogens with zero attached hydrogens (tertiary/aromatic N) is 6. The van der Waals surface area contributed by atoms with Crippen molar-refractivity contribution in [2.45, 2.75) is 26.2 Å². The molecule has 216 valence electrons. The van der Waals surface area contributed by atoms with Crippen molar-refractivity contribution in [3.8, 4) is 34.2 Å². The van der Waals surface area contributed by atoms with E-state index in [0.717, 1.165) is 60.0 Å². The summed E-state index contributed by atoms with van der Waals surface area (Å²) < 4.78 is 0. The van der Waals surface area contributed by atoms with E-state index in [0.29, 0.717) is 0 Å². The molecule has 0 fully saturated rings. The van der Waals surface area contributed by atoms with Crippen LogP contribution in [-0.2, 0) is 25.9 Å². The predicted octanol–water partition coefficient (Wildman–Crippen LogP) is 7.02. The molecule has 0 unspecified atom stereocenters. The summed E-state index contributed by atoms with van der Waals surface area (Å²) >= 11 is 0. The Labute approximate surface area is 266 Å². The smallest absolute Gasteiger partial charge is 0.330 e. The van der Waals surface area contributed by atoms with Crippen LogP contribution >= 0.6 is 0 Å². The predicted molar refractivity (Wildman–Crippen MR) is 169 cm³/mol. The Morgan fingerprint density at radius 1 is 0.465 bits per heavy atom. The maximum atomic E-state index is 5.51. The number of nitrogens with two attached hydrogens (primary N) is 1. The number of unbranched alkanes of at least 4 members (excludes halogenated alkanes) is 1. The summed E-state index contributed by atoms with van der Waals surface area (Å²) in [4.78, 5) is 25.5. The zero-order chi connectivity index (χ0) is 29.2. The van der Waals surface area contributed by atoms with E-state index >= 15 is 0 Å². The molecule has 0 aliphatic heterocycles. The summed E-state index contributed by atoms with van der Waals surface area (Å²) in [7, 11) is 0. The van der Waals surface area contributed by atoms with E-state index in [4.69, 9.17) is 5.73 Å². The first-order valence-electron chi connectivity index (χ1n) is 14.0. The average Bonchev–Trinajstić information content (AvgIpc) is 3.07. The summed E-state index contributed by atoms with van der Waals surface area (Å²) in [6.07, 6.45) is 14.0. The maximum Gasteiger partial charge on any atom is 2.00 e. The first kappa shape index (κ1) is 33.0. The molecular weight excluding hydrogens is 620 g/mol. The normalized spacial score (nSPS) is 9.81. The minimum atomic E-state index is 0. The first-order chi connectivity index (χ1) is 20.7. The van der Waals surface area contributed by atoms with Gasteiger partial charge in [-0.1, -0.05) is 24.3 Å². The van der Waals surface area contributed by atoms with Crippen LogP contribution in [0.25, 0.3) is 34.2 Å². The second-order valence-corrected chi connectivity index (χ2v) is 9.37. The van der Waals surface area contributed by atoms with Crippen molar-refractivity contribution in [1.82, 2.24) is 29.9 Å². The van der Waals surface area contributed by atoms with Crippen LogP contribution in [0.5, 0.6) is 0 Å². The SMILES string of the molecule is Cc1ccnc(-c2cc(CCCCN)ccn2)c1.[Ru+2].c1ccc(-c2ccccn2)nc1.c1ccc(-c2ccccn2)nc1. The fourth-order valence-corrected chi connectivity index (χ4v) is 3.98. The number of hydrogen-bond donors (Lipinski definition) is 1. The number of aromatic nitrogens is 6. The van der Waals surface area contributed by atoms with E-state index < -0.39 is 0 Å². The van der Waals surface area contributed by atoms with Crippen molar-refractivity contribution in [1.29, 1.82) is 0 Å². The van der Waals surface area contributed by atoms with Crippen LogP contribution in [0.15, 0.2) is 134 Å². The van der Waals surface area contributed by atoms with E-state index in [-0.39, 0.29) is 19.5 Å². The van der Waals surface area contributed by atoms with Crippen molar-refractivity contribution in [3.63, 3.8) is 0 Å². The molecule has 7 nitrogen and oxygen atoms in total. The minimum Gasteiger partial charge on any atom is -0.330 e. The molecule has 0 aromatic carbocycles. The van der Waals surface area contributed by atoms with E-state index in [9.17, 15) is 0 Å². The maximum absolute atomic E-state index is 5.51. The molecule has 0 saturated heterocycles. The van der Waals surface area contributed by atoms with Crippen molar-refractivity contribution in [2.75, 3.05) is 6.54 Å².